The first-order valence-corrected chi connectivity index (χ1v) is 12.6. The highest BCUT2D eigenvalue weighted by atomic mass is 35.5. The predicted octanol–water partition coefficient (Wildman–Crippen LogP) is 4.84. The van der Waals surface area contributed by atoms with Crippen LogP contribution in [0.2, 0.25) is 10.0 Å². The molecule has 0 saturated carbocycles. The van der Waals surface area contributed by atoms with Crippen LogP contribution in [0.3, 0.4) is 0 Å². The first-order valence-electron chi connectivity index (χ1n) is 11.9. The number of anilines is 2. The van der Waals surface area contributed by atoms with Crippen LogP contribution in [0.5, 0.6) is 5.88 Å². The Kier molecular flexibility index (Phi) is 8.03. The largest absolute Gasteiger partial charge is 0.479 e. The van der Waals surface area contributed by atoms with Crippen molar-refractivity contribution in [3.05, 3.63) is 68.4 Å². The number of aromatic amines is 1. The van der Waals surface area contributed by atoms with Gasteiger partial charge in [0, 0.05) is 26.0 Å². The first-order chi connectivity index (χ1) is 18.4. The number of pyridine rings is 1. The molecule has 1 amide bonds. The molecule has 39 heavy (non-hydrogen) atoms. The van der Waals surface area contributed by atoms with Gasteiger partial charge in [0.1, 0.15) is 22.9 Å². The second-order valence-electron chi connectivity index (χ2n) is 9.37. The molecule has 2 N–H and O–H groups in total. The lowest BCUT2D eigenvalue weighted by Gasteiger charge is -2.29. The van der Waals surface area contributed by atoms with E-state index < -0.39 is 29.2 Å². The summed E-state index contributed by atoms with van der Waals surface area (Å²) in [6, 6.07) is 4.42. The topological polar surface area (TPSA) is 128 Å². The molecule has 0 bridgehead atoms. The number of methoxy groups -OCH3 is 1. The fraction of sp³-hybridized carbons (Fsp3) is 0.308. The number of hydrogen-bond acceptors (Lipinski definition) is 8. The standard InChI is InChI=1S/C26H26Cl2FN7O3/c1-12(2)21(33-17-11-32-26(35(3)4)34-24(17)39-5)19-20(30)25(38)36(18-9-14(27)10-31-23(18)37)22(19)13-6-7-15(28)16(29)8-13/h6-12,19,22,30H,1-5H3,(H,31,37). The molecular weight excluding hydrogens is 548 g/mol. The molecule has 3 heterocycles. The second-order valence-corrected chi connectivity index (χ2v) is 10.2. The molecule has 1 fully saturated rings. The molecule has 10 nitrogen and oxygen atoms in total. The number of hydrogen-bond donors (Lipinski definition) is 2. The van der Waals surface area contributed by atoms with Crippen molar-refractivity contribution in [1.82, 2.24) is 15.0 Å². The van der Waals surface area contributed by atoms with Crippen LogP contribution in [0.25, 0.3) is 0 Å². The molecule has 0 aliphatic carbocycles. The van der Waals surface area contributed by atoms with Crippen LogP contribution in [0.4, 0.5) is 21.7 Å². The van der Waals surface area contributed by atoms with Crippen molar-refractivity contribution in [2.45, 2.75) is 19.9 Å². The van der Waals surface area contributed by atoms with Crippen molar-refractivity contribution >= 4 is 57.9 Å². The summed E-state index contributed by atoms with van der Waals surface area (Å²) in [4.78, 5) is 45.3. The van der Waals surface area contributed by atoms with E-state index in [0.29, 0.717) is 17.2 Å². The number of nitrogens with one attached hydrogen (secondary N) is 2. The van der Waals surface area contributed by atoms with Gasteiger partial charge in [-0.15, -0.1) is 0 Å². The summed E-state index contributed by atoms with van der Waals surface area (Å²) in [5, 5.41) is 8.93. The third kappa shape index (κ3) is 5.37. The maximum absolute atomic E-state index is 14.7. The lowest BCUT2D eigenvalue weighted by Crippen LogP contribution is -2.35. The van der Waals surface area contributed by atoms with Crippen molar-refractivity contribution in [2.75, 3.05) is 31.0 Å². The second kappa shape index (κ2) is 11.1. The Morgan fingerprint density at radius 1 is 1.26 bits per heavy atom. The molecule has 1 aliphatic heterocycles. The molecule has 2 aromatic heterocycles. The van der Waals surface area contributed by atoms with Gasteiger partial charge in [0.05, 0.1) is 35.3 Å². The average Bonchev–Trinajstić information content (AvgIpc) is 3.15. The number of halogens is 3. The molecular formula is C26H26Cl2FN7O3. The number of aliphatic imine (C=N–C) groups is 1. The third-order valence-electron chi connectivity index (χ3n) is 6.22. The molecule has 1 saturated heterocycles. The molecule has 2 atom stereocenters. The van der Waals surface area contributed by atoms with Crippen molar-refractivity contribution in [3.8, 4) is 5.88 Å². The van der Waals surface area contributed by atoms with Crippen molar-refractivity contribution in [3.63, 3.8) is 0 Å². The lowest BCUT2D eigenvalue weighted by atomic mass is 9.83. The predicted molar refractivity (Wildman–Crippen MR) is 150 cm³/mol. The Bertz CT molecular complexity index is 1540. The number of benzene rings is 1. The lowest BCUT2D eigenvalue weighted by molar-refractivity contribution is -0.112. The third-order valence-corrected chi connectivity index (χ3v) is 6.75. The molecule has 1 aromatic carbocycles. The SMILES string of the molecule is COc1nc(N(C)C)ncc1N=C(C(C)C)C1C(=N)C(=O)N(c2cc(Cl)c[nH]c2=O)C1c1ccc(Cl)c(F)c1. The van der Waals surface area contributed by atoms with Crippen LogP contribution in [0, 0.1) is 23.1 Å². The summed E-state index contributed by atoms with van der Waals surface area (Å²) in [6.45, 7) is 3.71. The fourth-order valence-corrected chi connectivity index (χ4v) is 4.69. The minimum atomic E-state index is -1.01. The minimum Gasteiger partial charge on any atom is -0.479 e. The number of nitrogens with zero attached hydrogens (tertiary/aromatic N) is 5. The molecule has 3 aromatic rings. The van der Waals surface area contributed by atoms with Gasteiger partial charge in [-0.1, -0.05) is 43.1 Å². The Hall–Kier alpha value is -3.83. The number of carbonyl (C=O) groups excluding carboxylic acids is 1. The van der Waals surface area contributed by atoms with E-state index >= 15 is 0 Å². The molecule has 204 valence electrons. The zero-order valence-corrected chi connectivity index (χ0v) is 23.3. The maximum atomic E-state index is 14.7. The molecule has 2 unspecified atom stereocenters. The van der Waals surface area contributed by atoms with Crippen molar-refractivity contribution < 1.29 is 13.9 Å². The highest BCUT2D eigenvalue weighted by Crippen LogP contribution is 2.42. The summed E-state index contributed by atoms with van der Waals surface area (Å²) in [5.41, 5.74) is 0.00200. The zero-order chi connectivity index (χ0) is 28.6. The molecule has 0 spiro atoms. The first kappa shape index (κ1) is 28.2. The van der Waals surface area contributed by atoms with Crippen molar-refractivity contribution in [2.24, 2.45) is 16.8 Å². The monoisotopic (exact) mass is 573 g/mol. The molecule has 4 rings (SSSR count). The number of H-pyrrole nitrogens is 1. The summed E-state index contributed by atoms with van der Waals surface area (Å²) >= 11 is 12.1. The quantitative estimate of drug-likeness (QED) is 0.389. The van der Waals surface area contributed by atoms with E-state index in [1.807, 2.05) is 13.8 Å². The molecule has 1 aliphatic rings. The Morgan fingerprint density at radius 3 is 2.59 bits per heavy atom. The number of ether oxygens (including phenoxy) is 1. The van der Waals surface area contributed by atoms with Crippen LogP contribution in [-0.2, 0) is 4.79 Å². The van der Waals surface area contributed by atoms with Gasteiger partial charge in [-0.3, -0.25) is 19.9 Å². The number of amides is 1. The van der Waals surface area contributed by atoms with E-state index in [-0.39, 0.29) is 38.9 Å². The van der Waals surface area contributed by atoms with Crippen LogP contribution >= 0.6 is 23.2 Å². The van der Waals surface area contributed by atoms with Gasteiger partial charge in [0.15, 0.2) is 0 Å². The summed E-state index contributed by atoms with van der Waals surface area (Å²) in [7, 11) is 5.01. The molecule has 0 radical (unpaired) electrons. The Morgan fingerprint density at radius 2 is 1.97 bits per heavy atom. The van der Waals surface area contributed by atoms with E-state index in [9.17, 15) is 14.0 Å². The van der Waals surface area contributed by atoms with Gasteiger partial charge in [-0.25, -0.2) is 14.4 Å². The number of rotatable bonds is 7. The fourth-order valence-electron chi connectivity index (χ4n) is 4.42. The maximum Gasteiger partial charge on any atom is 0.273 e. The molecule has 13 heteroatoms. The highest BCUT2D eigenvalue weighted by molar-refractivity contribution is 6.49. The van der Waals surface area contributed by atoms with Crippen LogP contribution in [0.15, 0.2) is 46.4 Å². The minimum absolute atomic E-state index is 0.0838. The Balaban J connectivity index is 1.97. The van der Waals surface area contributed by atoms with E-state index in [4.69, 9.17) is 38.3 Å². The van der Waals surface area contributed by atoms with Gasteiger partial charge in [0.2, 0.25) is 11.8 Å². The highest BCUT2D eigenvalue weighted by Gasteiger charge is 2.50. The van der Waals surface area contributed by atoms with Crippen LogP contribution in [0.1, 0.15) is 25.5 Å². The van der Waals surface area contributed by atoms with E-state index in [0.717, 1.165) is 4.90 Å². The average molecular weight is 574 g/mol. The number of aromatic nitrogens is 3. The van der Waals surface area contributed by atoms with Crippen LogP contribution < -0.4 is 20.1 Å². The summed E-state index contributed by atoms with van der Waals surface area (Å²) in [6.07, 6.45) is 2.78. The van der Waals surface area contributed by atoms with E-state index in [2.05, 4.69) is 15.0 Å². The summed E-state index contributed by atoms with van der Waals surface area (Å²) < 4.78 is 20.1. The van der Waals surface area contributed by atoms with Gasteiger partial charge >= 0.3 is 0 Å². The number of carbonyl (C=O) groups is 1. The van der Waals surface area contributed by atoms with Gasteiger partial charge < -0.3 is 14.6 Å². The van der Waals surface area contributed by atoms with Crippen LogP contribution in [-0.4, -0.2) is 53.5 Å². The van der Waals surface area contributed by atoms with Gasteiger partial charge in [-0.05, 0) is 29.7 Å². The van der Waals surface area contributed by atoms with Gasteiger partial charge in [-0.2, -0.15) is 4.98 Å². The van der Waals surface area contributed by atoms with E-state index in [1.165, 1.54) is 37.7 Å². The van der Waals surface area contributed by atoms with Crippen molar-refractivity contribution in [1.29, 1.82) is 5.41 Å². The zero-order valence-electron chi connectivity index (χ0n) is 21.8. The summed E-state index contributed by atoms with van der Waals surface area (Å²) in [5.74, 6) is -2.13. The van der Waals surface area contributed by atoms with Gasteiger partial charge in [0.25, 0.3) is 11.5 Å². The smallest absolute Gasteiger partial charge is 0.273 e. The van der Waals surface area contributed by atoms with E-state index in [1.54, 1.807) is 25.1 Å². The Labute approximate surface area is 234 Å². The normalized spacial score (nSPS) is 17.8.